The van der Waals surface area contributed by atoms with Crippen molar-refractivity contribution in [2.24, 2.45) is 0 Å². The predicted molar refractivity (Wildman–Crippen MR) is 88.8 cm³/mol. The minimum Gasteiger partial charge on any atom is -0.497 e. The monoisotopic (exact) mass is 333 g/mol. The summed E-state index contributed by atoms with van der Waals surface area (Å²) in [6.45, 7) is 3.15. The Balaban J connectivity index is 1.54. The number of rotatable bonds is 6. The van der Waals surface area contributed by atoms with E-state index in [1.54, 1.807) is 7.11 Å². The number of benzene rings is 1. The number of methoxy groups -OCH3 is 1. The van der Waals surface area contributed by atoms with E-state index >= 15 is 0 Å². The van der Waals surface area contributed by atoms with E-state index in [-0.39, 0.29) is 0 Å². The van der Waals surface area contributed by atoms with Crippen LogP contribution in [0.4, 0.5) is 0 Å². The fourth-order valence-corrected chi connectivity index (χ4v) is 2.60. The molecule has 1 atom stereocenters. The van der Waals surface area contributed by atoms with Gasteiger partial charge in [0.15, 0.2) is 5.76 Å². The van der Waals surface area contributed by atoms with Crippen molar-refractivity contribution in [1.29, 1.82) is 0 Å². The molecule has 7 nitrogen and oxygen atoms in total. The third kappa shape index (κ3) is 4.33. The quantitative estimate of drug-likeness (QED) is 0.720. The van der Waals surface area contributed by atoms with Crippen molar-refractivity contribution in [2.75, 3.05) is 40.0 Å². The Kier molecular flexibility index (Phi) is 5.47. The molecule has 0 unspecified atom stereocenters. The van der Waals surface area contributed by atoms with Gasteiger partial charge in [-0.3, -0.25) is 0 Å². The molecule has 0 saturated carbocycles. The van der Waals surface area contributed by atoms with Crippen molar-refractivity contribution in [3.63, 3.8) is 0 Å². The molecule has 7 heteroatoms. The number of nitrogens with zero attached hydrogens (tertiary/aromatic N) is 1. The van der Waals surface area contributed by atoms with Crippen molar-refractivity contribution >= 4 is 0 Å². The largest absolute Gasteiger partial charge is 0.497 e. The second-order valence-corrected chi connectivity index (χ2v) is 5.97. The second kappa shape index (κ2) is 7.76. The first-order chi connectivity index (χ1) is 11.7. The van der Waals surface area contributed by atoms with Crippen molar-refractivity contribution in [3.8, 4) is 17.1 Å². The zero-order valence-corrected chi connectivity index (χ0v) is 13.7. The van der Waals surface area contributed by atoms with Gasteiger partial charge in [-0.15, -0.1) is 0 Å². The molecule has 1 aromatic heterocycles. The van der Waals surface area contributed by atoms with Crippen LogP contribution >= 0.6 is 0 Å². The van der Waals surface area contributed by atoms with Crippen LogP contribution in [0, 0.1) is 0 Å². The van der Waals surface area contributed by atoms with Crippen molar-refractivity contribution in [1.82, 2.24) is 15.8 Å². The smallest absolute Gasteiger partial charge is 0.167 e. The van der Waals surface area contributed by atoms with E-state index < -0.39 is 5.60 Å². The van der Waals surface area contributed by atoms with Gasteiger partial charge in [-0.1, -0.05) is 5.16 Å². The van der Waals surface area contributed by atoms with Gasteiger partial charge in [-0.25, -0.2) is 0 Å². The van der Waals surface area contributed by atoms with Crippen LogP contribution in [0.5, 0.6) is 5.75 Å². The predicted octanol–water partition coefficient (Wildman–Crippen LogP) is 0.791. The summed E-state index contributed by atoms with van der Waals surface area (Å²) in [6, 6.07) is 9.50. The minimum atomic E-state index is -0.904. The lowest BCUT2D eigenvalue weighted by atomic mass is 10.1. The standard InChI is InChI=1S/C17H23N3O4/c1-22-15-4-2-13(3-5-15)16-8-14(20-24-16)9-19-11-17(21)10-18-6-7-23-12-17/h2-5,8,18-19,21H,6-7,9-12H2,1H3/t17-/m1/s1. The van der Waals surface area contributed by atoms with Crippen molar-refractivity contribution < 1.29 is 19.1 Å². The Hall–Kier alpha value is -1.93. The highest BCUT2D eigenvalue weighted by molar-refractivity contribution is 5.58. The Morgan fingerprint density at radius 1 is 1.38 bits per heavy atom. The molecule has 1 aliphatic heterocycles. The highest BCUT2D eigenvalue weighted by Crippen LogP contribution is 2.23. The first-order valence-corrected chi connectivity index (χ1v) is 8.00. The molecule has 3 rings (SSSR count). The van der Waals surface area contributed by atoms with E-state index in [9.17, 15) is 5.11 Å². The summed E-state index contributed by atoms with van der Waals surface area (Å²) in [7, 11) is 1.63. The zero-order chi connectivity index (χ0) is 16.8. The molecule has 0 bridgehead atoms. The molecule has 1 aliphatic rings. The topological polar surface area (TPSA) is 88.8 Å². The molecule has 130 valence electrons. The lowest BCUT2D eigenvalue weighted by Crippen LogP contribution is -2.50. The molecule has 0 radical (unpaired) electrons. The van der Waals surface area contributed by atoms with Gasteiger partial charge >= 0.3 is 0 Å². The maximum atomic E-state index is 10.5. The Bertz CT molecular complexity index is 634. The lowest BCUT2D eigenvalue weighted by molar-refractivity contribution is -0.0265. The number of aromatic nitrogens is 1. The normalized spacial score (nSPS) is 21.4. The highest BCUT2D eigenvalue weighted by Gasteiger charge is 2.28. The lowest BCUT2D eigenvalue weighted by Gasteiger charge is -2.25. The summed E-state index contributed by atoms with van der Waals surface area (Å²) in [5.74, 6) is 1.50. The molecule has 3 N–H and O–H groups in total. The number of aliphatic hydroxyl groups is 1. The summed E-state index contributed by atoms with van der Waals surface area (Å²) in [5, 5.41) is 20.9. The second-order valence-electron chi connectivity index (χ2n) is 5.97. The van der Waals surface area contributed by atoms with Crippen LogP contribution < -0.4 is 15.4 Å². The van der Waals surface area contributed by atoms with E-state index in [1.165, 1.54) is 0 Å². The molecular formula is C17H23N3O4. The van der Waals surface area contributed by atoms with Gasteiger partial charge in [0.2, 0.25) is 0 Å². The van der Waals surface area contributed by atoms with Crippen LogP contribution in [0.3, 0.4) is 0 Å². The van der Waals surface area contributed by atoms with Crippen LogP contribution in [0.15, 0.2) is 34.9 Å². The average Bonchev–Trinajstić information content (AvgIpc) is 2.96. The highest BCUT2D eigenvalue weighted by atomic mass is 16.5. The van der Waals surface area contributed by atoms with Crippen molar-refractivity contribution in [3.05, 3.63) is 36.0 Å². The Morgan fingerprint density at radius 2 is 2.21 bits per heavy atom. The van der Waals surface area contributed by atoms with Crippen LogP contribution in [0.1, 0.15) is 5.69 Å². The van der Waals surface area contributed by atoms with E-state index in [2.05, 4.69) is 15.8 Å². The summed E-state index contributed by atoms with van der Waals surface area (Å²) < 4.78 is 15.9. The molecule has 0 amide bonds. The fourth-order valence-electron chi connectivity index (χ4n) is 2.60. The molecule has 1 fully saturated rings. The maximum absolute atomic E-state index is 10.5. The van der Waals surface area contributed by atoms with Gasteiger partial charge in [-0.2, -0.15) is 0 Å². The van der Waals surface area contributed by atoms with E-state index in [0.717, 1.165) is 23.6 Å². The molecule has 2 aromatic rings. The number of hydrogen-bond donors (Lipinski definition) is 3. The number of hydrogen-bond acceptors (Lipinski definition) is 7. The first-order valence-electron chi connectivity index (χ1n) is 8.00. The van der Waals surface area contributed by atoms with E-state index in [0.29, 0.717) is 38.6 Å². The number of nitrogens with one attached hydrogen (secondary N) is 2. The molecule has 2 heterocycles. The third-order valence-electron chi connectivity index (χ3n) is 3.94. The van der Waals surface area contributed by atoms with Crippen LogP contribution in [-0.4, -0.2) is 55.8 Å². The first kappa shape index (κ1) is 16.9. The van der Waals surface area contributed by atoms with Gasteiger partial charge in [0.1, 0.15) is 11.4 Å². The van der Waals surface area contributed by atoms with Gasteiger partial charge in [0, 0.05) is 37.8 Å². The fraction of sp³-hybridized carbons (Fsp3) is 0.471. The van der Waals surface area contributed by atoms with E-state index in [1.807, 2.05) is 30.3 Å². The SMILES string of the molecule is COc1ccc(-c2cc(CNC[C@]3(O)CNCCOC3)no2)cc1. The molecule has 1 saturated heterocycles. The van der Waals surface area contributed by atoms with Gasteiger partial charge in [0.05, 0.1) is 26.0 Å². The summed E-state index contributed by atoms with van der Waals surface area (Å²) in [4.78, 5) is 0. The van der Waals surface area contributed by atoms with Crippen LogP contribution in [-0.2, 0) is 11.3 Å². The number of ether oxygens (including phenoxy) is 2. The Labute approximate surface area is 140 Å². The van der Waals surface area contributed by atoms with Crippen molar-refractivity contribution in [2.45, 2.75) is 12.1 Å². The summed E-state index contributed by atoms with van der Waals surface area (Å²) >= 11 is 0. The third-order valence-corrected chi connectivity index (χ3v) is 3.94. The van der Waals surface area contributed by atoms with Crippen LogP contribution in [0.25, 0.3) is 11.3 Å². The molecule has 0 spiro atoms. The molecule has 1 aromatic carbocycles. The Morgan fingerprint density at radius 3 is 3.00 bits per heavy atom. The van der Waals surface area contributed by atoms with E-state index in [4.69, 9.17) is 14.0 Å². The van der Waals surface area contributed by atoms with Gasteiger partial charge in [-0.05, 0) is 24.3 Å². The van der Waals surface area contributed by atoms with Crippen LogP contribution in [0.2, 0.25) is 0 Å². The molecule has 0 aliphatic carbocycles. The number of β-amino-alcohol motifs (C(OH)–C–C–N with tert-alkyl or cyclic N) is 1. The summed E-state index contributed by atoms with van der Waals surface area (Å²) in [6.07, 6.45) is 0. The molecule has 24 heavy (non-hydrogen) atoms. The van der Waals surface area contributed by atoms with Gasteiger partial charge in [0.25, 0.3) is 0 Å². The molecular weight excluding hydrogens is 310 g/mol. The minimum absolute atomic E-state index is 0.322. The zero-order valence-electron chi connectivity index (χ0n) is 13.7. The van der Waals surface area contributed by atoms with Gasteiger partial charge < -0.3 is 29.7 Å². The summed E-state index contributed by atoms with van der Waals surface area (Å²) in [5.41, 5.74) is 0.820. The average molecular weight is 333 g/mol. The maximum Gasteiger partial charge on any atom is 0.167 e.